The average Bonchev–Trinajstić information content (AvgIpc) is 2.42. The van der Waals surface area contributed by atoms with Crippen molar-refractivity contribution < 1.29 is 20.1 Å². The summed E-state index contributed by atoms with van der Waals surface area (Å²) >= 11 is 0. The molecular weight excluding hydrogens is 246 g/mol. The van der Waals surface area contributed by atoms with E-state index in [1.54, 1.807) is 18.2 Å². The van der Waals surface area contributed by atoms with E-state index in [1.807, 2.05) is 0 Å². The second-order valence-corrected chi connectivity index (χ2v) is 4.11. The van der Waals surface area contributed by atoms with Crippen LogP contribution in [0, 0.1) is 0 Å². The molecule has 2 aromatic carbocycles. The molecule has 0 fully saturated rings. The number of carbonyl (C=O) groups is 1. The van der Waals surface area contributed by atoms with Crippen molar-refractivity contribution in [3.05, 3.63) is 59.7 Å². The zero-order valence-electron chi connectivity index (χ0n) is 9.95. The number of para-hydroxylation sites is 1. The van der Waals surface area contributed by atoms with E-state index < -0.39 is 23.0 Å². The lowest BCUT2D eigenvalue weighted by Crippen LogP contribution is -2.42. The lowest BCUT2D eigenvalue weighted by atomic mass is 9.85. The van der Waals surface area contributed by atoms with E-state index in [4.69, 9.17) is 5.73 Å². The summed E-state index contributed by atoms with van der Waals surface area (Å²) < 4.78 is 0. The van der Waals surface area contributed by atoms with Gasteiger partial charge in [-0.3, -0.25) is 4.79 Å². The quantitative estimate of drug-likeness (QED) is 0.612. The molecule has 0 aliphatic carbocycles. The number of nitrogens with two attached hydrogens (primary N) is 1. The SMILES string of the molecule is NC(=O)C(O)(c1ccccc1)c1cccc(O)c1O. The molecule has 0 saturated heterocycles. The Morgan fingerprint density at radius 1 is 1.00 bits per heavy atom. The van der Waals surface area contributed by atoms with Crippen molar-refractivity contribution in [3.63, 3.8) is 0 Å². The first-order chi connectivity index (χ1) is 8.98. The molecule has 0 aromatic heterocycles. The molecule has 1 atom stereocenters. The summed E-state index contributed by atoms with van der Waals surface area (Å²) in [5.41, 5.74) is 3.12. The summed E-state index contributed by atoms with van der Waals surface area (Å²) in [5, 5.41) is 29.9. The van der Waals surface area contributed by atoms with Gasteiger partial charge >= 0.3 is 0 Å². The van der Waals surface area contributed by atoms with Crippen molar-refractivity contribution >= 4 is 5.91 Å². The number of hydrogen-bond acceptors (Lipinski definition) is 4. The second-order valence-electron chi connectivity index (χ2n) is 4.11. The number of hydrogen-bond donors (Lipinski definition) is 4. The number of aliphatic hydroxyl groups is 1. The summed E-state index contributed by atoms with van der Waals surface area (Å²) in [6.07, 6.45) is 0. The first-order valence-corrected chi connectivity index (χ1v) is 5.57. The highest BCUT2D eigenvalue weighted by Crippen LogP contribution is 2.39. The number of phenols is 2. The van der Waals surface area contributed by atoms with Crippen LogP contribution < -0.4 is 5.73 Å². The van der Waals surface area contributed by atoms with Crippen molar-refractivity contribution in [1.82, 2.24) is 0 Å². The van der Waals surface area contributed by atoms with Crippen molar-refractivity contribution in [3.8, 4) is 11.5 Å². The zero-order valence-corrected chi connectivity index (χ0v) is 9.95. The minimum atomic E-state index is -2.20. The van der Waals surface area contributed by atoms with Crippen LogP contribution in [0.5, 0.6) is 11.5 Å². The molecule has 19 heavy (non-hydrogen) atoms. The summed E-state index contributed by atoms with van der Waals surface area (Å²) in [7, 11) is 0. The number of amides is 1. The first-order valence-electron chi connectivity index (χ1n) is 5.57. The summed E-state index contributed by atoms with van der Waals surface area (Å²) in [5.74, 6) is -2.06. The van der Waals surface area contributed by atoms with Crippen LogP contribution in [-0.2, 0) is 10.4 Å². The Morgan fingerprint density at radius 2 is 1.63 bits per heavy atom. The van der Waals surface area contributed by atoms with Crippen LogP contribution in [0.4, 0.5) is 0 Å². The minimum absolute atomic E-state index is 0.161. The molecule has 2 rings (SSSR count). The largest absolute Gasteiger partial charge is 0.504 e. The molecule has 0 spiro atoms. The summed E-state index contributed by atoms with van der Waals surface area (Å²) in [6, 6.07) is 12.0. The molecule has 0 heterocycles. The van der Waals surface area contributed by atoms with E-state index in [1.165, 1.54) is 30.3 Å². The molecule has 5 N–H and O–H groups in total. The highest BCUT2D eigenvalue weighted by molar-refractivity contribution is 5.89. The van der Waals surface area contributed by atoms with E-state index in [0.29, 0.717) is 0 Å². The lowest BCUT2D eigenvalue weighted by molar-refractivity contribution is -0.133. The van der Waals surface area contributed by atoms with Gasteiger partial charge in [0.1, 0.15) is 0 Å². The predicted molar refractivity (Wildman–Crippen MR) is 68.4 cm³/mol. The Kier molecular flexibility index (Phi) is 3.14. The van der Waals surface area contributed by atoms with Crippen LogP contribution in [0.25, 0.3) is 0 Å². The summed E-state index contributed by atoms with van der Waals surface area (Å²) in [6.45, 7) is 0. The molecule has 0 aliphatic rings. The maximum Gasteiger partial charge on any atom is 0.258 e. The van der Waals surface area contributed by atoms with Crippen LogP contribution in [0.3, 0.4) is 0 Å². The number of carbonyl (C=O) groups excluding carboxylic acids is 1. The average molecular weight is 259 g/mol. The van der Waals surface area contributed by atoms with Gasteiger partial charge in [0.2, 0.25) is 0 Å². The fourth-order valence-corrected chi connectivity index (χ4v) is 1.93. The topological polar surface area (TPSA) is 104 Å². The van der Waals surface area contributed by atoms with Gasteiger partial charge in [0.25, 0.3) is 5.91 Å². The maximum absolute atomic E-state index is 11.7. The lowest BCUT2D eigenvalue weighted by Gasteiger charge is -2.26. The Hall–Kier alpha value is -2.53. The van der Waals surface area contributed by atoms with E-state index in [2.05, 4.69) is 0 Å². The van der Waals surface area contributed by atoms with Crippen LogP contribution in [0.2, 0.25) is 0 Å². The van der Waals surface area contributed by atoms with Crippen LogP contribution >= 0.6 is 0 Å². The van der Waals surface area contributed by atoms with Gasteiger partial charge in [-0.2, -0.15) is 0 Å². The second kappa shape index (κ2) is 4.62. The Labute approximate surface area is 109 Å². The van der Waals surface area contributed by atoms with Crippen molar-refractivity contribution in [2.45, 2.75) is 5.60 Å². The van der Waals surface area contributed by atoms with Gasteiger partial charge in [0.05, 0.1) is 0 Å². The molecule has 0 radical (unpaired) electrons. The van der Waals surface area contributed by atoms with E-state index >= 15 is 0 Å². The number of primary amides is 1. The molecule has 0 bridgehead atoms. The highest BCUT2D eigenvalue weighted by atomic mass is 16.3. The van der Waals surface area contributed by atoms with Crippen molar-refractivity contribution in [2.24, 2.45) is 5.73 Å². The smallest absolute Gasteiger partial charge is 0.258 e. The molecule has 5 nitrogen and oxygen atoms in total. The zero-order chi connectivity index (χ0) is 14.0. The Balaban J connectivity index is 2.71. The first kappa shape index (κ1) is 12.9. The molecule has 1 unspecified atom stereocenters. The monoisotopic (exact) mass is 259 g/mol. The third-order valence-electron chi connectivity index (χ3n) is 2.95. The van der Waals surface area contributed by atoms with Gasteiger partial charge in [0, 0.05) is 5.56 Å². The molecular formula is C14H13NO4. The van der Waals surface area contributed by atoms with Gasteiger partial charge in [-0.25, -0.2) is 0 Å². The normalized spacial score (nSPS) is 13.7. The van der Waals surface area contributed by atoms with Gasteiger partial charge in [-0.05, 0) is 11.6 Å². The standard InChI is InChI=1S/C14H13NO4/c15-13(18)14(19,9-5-2-1-3-6-9)10-7-4-8-11(16)12(10)17/h1-8,16-17,19H,(H2,15,18). The van der Waals surface area contributed by atoms with E-state index in [0.717, 1.165) is 0 Å². The number of phenolic OH excluding ortho intramolecular Hbond substituents is 2. The number of benzene rings is 2. The van der Waals surface area contributed by atoms with Crippen molar-refractivity contribution in [1.29, 1.82) is 0 Å². The molecule has 1 amide bonds. The van der Waals surface area contributed by atoms with Gasteiger partial charge in [-0.1, -0.05) is 42.5 Å². The molecule has 0 aliphatic heterocycles. The van der Waals surface area contributed by atoms with Crippen molar-refractivity contribution in [2.75, 3.05) is 0 Å². The third kappa shape index (κ3) is 2.00. The Bertz CT molecular complexity index is 612. The van der Waals surface area contributed by atoms with Crippen LogP contribution in [0.15, 0.2) is 48.5 Å². The predicted octanol–water partition coefficient (Wildman–Crippen LogP) is 0.819. The fourth-order valence-electron chi connectivity index (χ4n) is 1.93. The van der Waals surface area contributed by atoms with Gasteiger partial charge in [-0.15, -0.1) is 0 Å². The van der Waals surface area contributed by atoms with Gasteiger partial charge in [0.15, 0.2) is 17.1 Å². The number of aromatic hydroxyl groups is 2. The molecule has 0 saturated carbocycles. The molecule has 98 valence electrons. The number of rotatable bonds is 3. The van der Waals surface area contributed by atoms with E-state index in [9.17, 15) is 20.1 Å². The van der Waals surface area contributed by atoms with Crippen LogP contribution in [0.1, 0.15) is 11.1 Å². The van der Waals surface area contributed by atoms with Gasteiger partial charge < -0.3 is 21.1 Å². The molecule has 2 aromatic rings. The van der Waals surface area contributed by atoms with Crippen LogP contribution in [-0.4, -0.2) is 21.2 Å². The third-order valence-corrected chi connectivity index (χ3v) is 2.95. The Morgan fingerprint density at radius 3 is 2.21 bits per heavy atom. The highest BCUT2D eigenvalue weighted by Gasteiger charge is 2.40. The fraction of sp³-hybridized carbons (Fsp3) is 0.0714. The van der Waals surface area contributed by atoms with E-state index in [-0.39, 0.29) is 11.1 Å². The summed E-state index contributed by atoms with van der Waals surface area (Å²) in [4.78, 5) is 11.7. The molecule has 5 heteroatoms. The minimum Gasteiger partial charge on any atom is -0.504 e. The maximum atomic E-state index is 11.7.